The lowest BCUT2D eigenvalue weighted by atomic mass is 10.2. The van der Waals surface area contributed by atoms with E-state index in [2.05, 4.69) is 96.4 Å². The summed E-state index contributed by atoms with van der Waals surface area (Å²) in [5, 5.41) is 2.20. The second kappa shape index (κ2) is 11.8. The summed E-state index contributed by atoms with van der Waals surface area (Å²) in [6.07, 6.45) is 5.65. The van der Waals surface area contributed by atoms with Crippen LogP contribution in [-0.2, 0) is 13.0 Å². The molecule has 178 valence electrons. The summed E-state index contributed by atoms with van der Waals surface area (Å²) in [7, 11) is 0. The molecule has 5 aromatic rings. The van der Waals surface area contributed by atoms with Crippen molar-refractivity contribution < 1.29 is 0 Å². The summed E-state index contributed by atoms with van der Waals surface area (Å²) in [6.45, 7) is 3.25. The number of para-hydroxylation sites is 1. The van der Waals surface area contributed by atoms with Gasteiger partial charge in [0.25, 0.3) is 0 Å². The molecule has 0 aliphatic carbocycles. The van der Waals surface area contributed by atoms with E-state index in [1.165, 1.54) is 39.4 Å². The number of pyridine rings is 1. The molecular formula is C30H31N3S2. The number of thioether (sulfide) groups is 1. The van der Waals surface area contributed by atoms with Gasteiger partial charge in [-0.05, 0) is 55.3 Å². The average molecular weight is 498 g/mol. The second-order valence-corrected chi connectivity index (χ2v) is 10.9. The number of aryl methyl sites for hydroxylation is 2. The minimum atomic E-state index is 0.994. The van der Waals surface area contributed by atoms with Crippen molar-refractivity contribution in [1.29, 1.82) is 0 Å². The van der Waals surface area contributed by atoms with Gasteiger partial charge in [0.1, 0.15) is 16.4 Å². The van der Waals surface area contributed by atoms with Crippen molar-refractivity contribution in [3.8, 4) is 0 Å². The number of rotatable bonds is 11. The van der Waals surface area contributed by atoms with Crippen molar-refractivity contribution in [3.05, 3.63) is 90.8 Å². The fourth-order valence-corrected chi connectivity index (χ4v) is 6.20. The number of benzene rings is 3. The van der Waals surface area contributed by atoms with E-state index in [0.717, 1.165) is 47.6 Å². The van der Waals surface area contributed by atoms with Gasteiger partial charge < -0.3 is 4.57 Å². The summed E-state index contributed by atoms with van der Waals surface area (Å²) in [4.78, 5) is 12.8. The fourth-order valence-electron chi connectivity index (χ4n) is 4.37. The van der Waals surface area contributed by atoms with Crippen LogP contribution in [0.2, 0.25) is 0 Å². The van der Waals surface area contributed by atoms with Gasteiger partial charge in [0, 0.05) is 28.1 Å². The highest BCUT2D eigenvalue weighted by molar-refractivity contribution is 7.99. The summed E-state index contributed by atoms with van der Waals surface area (Å²) >= 11 is 3.66. The molecule has 0 fully saturated rings. The third-order valence-corrected chi connectivity index (χ3v) is 8.21. The van der Waals surface area contributed by atoms with Crippen molar-refractivity contribution in [2.45, 2.75) is 60.4 Å². The Kier molecular flexibility index (Phi) is 8.07. The molecule has 2 heterocycles. The molecule has 0 unspecified atom stereocenters. The fraction of sp³-hybridized carbons (Fsp3) is 0.267. The molecule has 0 N–H and O–H groups in total. The Bertz CT molecular complexity index is 1380. The molecule has 2 aromatic heterocycles. The number of nitrogens with zero attached hydrogens (tertiary/aromatic N) is 3. The molecule has 0 bridgehead atoms. The SMILES string of the molecule is CCCCc1nc2c(Sc3ccccc3)nc3ccccc3c2n1CCCCSc1ccccc1. The lowest BCUT2D eigenvalue weighted by Gasteiger charge is -2.11. The van der Waals surface area contributed by atoms with E-state index in [1.54, 1.807) is 11.8 Å². The smallest absolute Gasteiger partial charge is 0.129 e. The van der Waals surface area contributed by atoms with Crippen molar-refractivity contribution in [2.75, 3.05) is 5.75 Å². The molecule has 3 nitrogen and oxygen atoms in total. The number of imidazole rings is 1. The summed E-state index contributed by atoms with van der Waals surface area (Å²) in [5.41, 5.74) is 3.33. The molecule has 0 atom stereocenters. The van der Waals surface area contributed by atoms with Gasteiger partial charge in [-0.2, -0.15) is 0 Å². The molecule has 0 radical (unpaired) electrons. The monoisotopic (exact) mass is 497 g/mol. The maximum absolute atomic E-state index is 5.22. The van der Waals surface area contributed by atoms with Gasteiger partial charge in [0.15, 0.2) is 0 Å². The Morgan fingerprint density at radius 2 is 1.46 bits per heavy atom. The molecular weight excluding hydrogens is 466 g/mol. The van der Waals surface area contributed by atoms with E-state index in [1.807, 2.05) is 11.8 Å². The quantitative estimate of drug-likeness (QED) is 0.135. The van der Waals surface area contributed by atoms with Gasteiger partial charge in [-0.3, -0.25) is 0 Å². The van der Waals surface area contributed by atoms with Crippen LogP contribution in [0.1, 0.15) is 38.4 Å². The second-order valence-electron chi connectivity index (χ2n) is 8.70. The van der Waals surface area contributed by atoms with Crippen LogP contribution in [0, 0.1) is 0 Å². The first-order valence-electron chi connectivity index (χ1n) is 12.5. The lowest BCUT2D eigenvalue weighted by Crippen LogP contribution is -2.05. The molecule has 0 aliphatic rings. The zero-order valence-corrected chi connectivity index (χ0v) is 21.8. The van der Waals surface area contributed by atoms with Crippen molar-refractivity contribution in [1.82, 2.24) is 14.5 Å². The maximum atomic E-state index is 5.22. The first-order valence-corrected chi connectivity index (χ1v) is 14.3. The predicted octanol–water partition coefficient (Wildman–Crippen LogP) is 8.65. The van der Waals surface area contributed by atoms with Crippen LogP contribution in [0.5, 0.6) is 0 Å². The molecule has 3 aromatic carbocycles. The molecule has 0 aliphatic heterocycles. The first-order chi connectivity index (χ1) is 17.3. The van der Waals surface area contributed by atoms with Gasteiger partial charge in [0.2, 0.25) is 0 Å². The highest BCUT2D eigenvalue weighted by Crippen LogP contribution is 2.36. The molecule has 5 heteroatoms. The van der Waals surface area contributed by atoms with Crippen LogP contribution in [0.15, 0.2) is 99.7 Å². The number of unbranched alkanes of at least 4 members (excludes halogenated alkanes) is 2. The van der Waals surface area contributed by atoms with Crippen LogP contribution >= 0.6 is 23.5 Å². The molecule has 0 amide bonds. The number of fused-ring (bicyclic) bond motifs is 3. The average Bonchev–Trinajstić information content (AvgIpc) is 3.27. The summed E-state index contributed by atoms with van der Waals surface area (Å²) in [6, 6.07) is 29.7. The van der Waals surface area contributed by atoms with Crippen molar-refractivity contribution in [3.63, 3.8) is 0 Å². The summed E-state index contributed by atoms with van der Waals surface area (Å²) < 4.78 is 2.50. The van der Waals surface area contributed by atoms with Crippen molar-refractivity contribution in [2.24, 2.45) is 0 Å². The standard InChI is InChI=1S/C30H31N3S2/c1-2-3-20-27-32-28-29(33(27)21-12-13-22-34-23-14-6-4-7-15-23)25-18-10-11-19-26(25)31-30(28)35-24-16-8-5-9-17-24/h4-11,14-19H,2-3,12-13,20-22H2,1H3. The van der Waals surface area contributed by atoms with E-state index in [9.17, 15) is 0 Å². The molecule has 0 spiro atoms. The van der Waals surface area contributed by atoms with E-state index in [0.29, 0.717) is 0 Å². The predicted molar refractivity (Wildman–Crippen MR) is 151 cm³/mol. The normalized spacial score (nSPS) is 11.5. The first kappa shape index (κ1) is 24.0. The Labute approximate surface area is 216 Å². The van der Waals surface area contributed by atoms with Crippen molar-refractivity contribution >= 4 is 45.5 Å². The Hall–Kier alpha value is -2.76. The van der Waals surface area contributed by atoms with E-state index in [-0.39, 0.29) is 0 Å². The van der Waals surface area contributed by atoms with Crippen LogP contribution < -0.4 is 0 Å². The summed E-state index contributed by atoms with van der Waals surface area (Å²) in [5.74, 6) is 2.34. The maximum Gasteiger partial charge on any atom is 0.129 e. The highest BCUT2D eigenvalue weighted by Gasteiger charge is 2.19. The Morgan fingerprint density at radius 3 is 2.23 bits per heavy atom. The molecule has 5 rings (SSSR count). The number of aromatic nitrogens is 3. The Balaban J connectivity index is 1.47. The molecule has 0 saturated heterocycles. The van der Waals surface area contributed by atoms with E-state index in [4.69, 9.17) is 9.97 Å². The molecule has 35 heavy (non-hydrogen) atoms. The van der Waals surface area contributed by atoms with Crippen LogP contribution in [0.4, 0.5) is 0 Å². The van der Waals surface area contributed by atoms with Gasteiger partial charge in [-0.25, -0.2) is 9.97 Å². The minimum Gasteiger partial charge on any atom is -0.327 e. The zero-order chi connectivity index (χ0) is 23.9. The van der Waals surface area contributed by atoms with Gasteiger partial charge in [-0.1, -0.05) is 79.7 Å². The molecule has 0 saturated carbocycles. The van der Waals surface area contributed by atoms with Gasteiger partial charge in [-0.15, -0.1) is 11.8 Å². The number of hydrogen-bond donors (Lipinski definition) is 0. The third-order valence-electron chi connectivity index (χ3n) is 6.13. The lowest BCUT2D eigenvalue weighted by molar-refractivity contribution is 0.607. The highest BCUT2D eigenvalue weighted by atomic mass is 32.2. The topological polar surface area (TPSA) is 30.7 Å². The van der Waals surface area contributed by atoms with Crippen LogP contribution in [-0.4, -0.2) is 20.3 Å². The largest absolute Gasteiger partial charge is 0.327 e. The van der Waals surface area contributed by atoms with E-state index < -0.39 is 0 Å². The van der Waals surface area contributed by atoms with Crippen LogP contribution in [0.3, 0.4) is 0 Å². The van der Waals surface area contributed by atoms with Crippen LogP contribution in [0.25, 0.3) is 21.9 Å². The van der Waals surface area contributed by atoms with Gasteiger partial charge in [0.05, 0.1) is 11.0 Å². The Morgan fingerprint density at radius 1 is 0.743 bits per heavy atom. The zero-order valence-electron chi connectivity index (χ0n) is 20.2. The van der Waals surface area contributed by atoms with Gasteiger partial charge >= 0.3 is 0 Å². The number of hydrogen-bond acceptors (Lipinski definition) is 4. The third kappa shape index (κ3) is 5.74. The minimum absolute atomic E-state index is 0.994. The van der Waals surface area contributed by atoms with E-state index >= 15 is 0 Å².